The van der Waals surface area contributed by atoms with Crippen molar-refractivity contribution in [2.45, 2.75) is 6.54 Å². The lowest BCUT2D eigenvalue weighted by molar-refractivity contribution is 0.414. The van der Waals surface area contributed by atoms with Crippen LogP contribution in [0.25, 0.3) is 0 Å². The van der Waals surface area contributed by atoms with Crippen LogP contribution in [0.15, 0.2) is 18.6 Å². The van der Waals surface area contributed by atoms with Gasteiger partial charge in [-0.2, -0.15) is 5.10 Å². The van der Waals surface area contributed by atoms with Gasteiger partial charge in [0.05, 0.1) is 19.3 Å². The number of nitrogens with one attached hydrogen (secondary N) is 2. The standard InChI is InChI=1S/C10H15N7O/c1-17-4-3-7(16-17)5-12-9-8(18-2)10(15-11)14-6-13-9/h3-4,6H,5,11H2,1-2H3,(H2,12,13,14,15). The highest BCUT2D eigenvalue weighted by Crippen LogP contribution is 2.28. The third kappa shape index (κ3) is 2.48. The second-order valence-electron chi connectivity index (χ2n) is 3.58. The van der Waals surface area contributed by atoms with Gasteiger partial charge < -0.3 is 15.5 Å². The molecule has 0 radical (unpaired) electrons. The highest BCUT2D eigenvalue weighted by Gasteiger charge is 2.11. The van der Waals surface area contributed by atoms with Crippen LogP contribution in [0.2, 0.25) is 0 Å². The Morgan fingerprint density at radius 3 is 2.78 bits per heavy atom. The topological polar surface area (TPSA) is 103 Å². The van der Waals surface area contributed by atoms with E-state index < -0.39 is 0 Å². The number of hydrazine groups is 1. The second kappa shape index (κ2) is 5.32. The number of nitrogens with two attached hydrogens (primary N) is 1. The van der Waals surface area contributed by atoms with Crippen LogP contribution in [0.1, 0.15) is 5.69 Å². The second-order valence-corrected chi connectivity index (χ2v) is 3.58. The molecule has 96 valence electrons. The number of hydrogen-bond donors (Lipinski definition) is 3. The molecule has 0 saturated heterocycles. The first kappa shape index (κ1) is 12.1. The molecule has 0 aliphatic heterocycles. The van der Waals surface area contributed by atoms with Crippen LogP contribution in [0, 0.1) is 0 Å². The van der Waals surface area contributed by atoms with E-state index in [0.29, 0.717) is 23.9 Å². The van der Waals surface area contributed by atoms with E-state index in [4.69, 9.17) is 10.6 Å². The summed E-state index contributed by atoms with van der Waals surface area (Å²) in [5, 5.41) is 7.37. The van der Waals surface area contributed by atoms with Crippen molar-refractivity contribution in [1.29, 1.82) is 0 Å². The van der Waals surface area contributed by atoms with E-state index in [1.165, 1.54) is 13.4 Å². The first-order valence-corrected chi connectivity index (χ1v) is 5.32. The van der Waals surface area contributed by atoms with Crippen molar-refractivity contribution in [3.05, 3.63) is 24.3 Å². The van der Waals surface area contributed by atoms with Crippen LogP contribution >= 0.6 is 0 Å². The molecule has 4 N–H and O–H groups in total. The SMILES string of the molecule is COc1c(NN)ncnc1NCc1ccn(C)n1. The average molecular weight is 249 g/mol. The fraction of sp³-hybridized carbons (Fsp3) is 0.300. The number of ether oxygens (including phenoxy) is 1. The van der Waals surface area contributed by atoms with E-state index in [1.54, 1.807) is 4.68 Å². The highest BCUT2D eigenvalue weighted by molar-refractivity contribution is 5.62. The van der Waals surface area contributed by atoms with Gasteiger partial charge in [0.1, 0.15) is 6.33 Å². The first-order valence-electron chi connectivity index (χ1n) is 5.32. The summed E-state index contributed by atoms with van der Waals surface area (Å²) in [7, 11) is 3.40. The summed E-state index contributed by atoms with van der Waals surface area (Å²) in [4.78, 5) is 8.06. The lowest BCUT2D eigenvalue weighted by Gasteiger charge is -2.11. The zero-order valence-electron chi connectivity index (χ0n) is 10.2. The number of hydrogen-bond acceptors (Lipinski definition) is 7. The molecule has 0 spiro atoms. The van der Waals surface area contributed by atoms with Crippen LogP contribution in [0.4, 0.5) is 11.6 Å². The maximum absolute atomic E-state index is 5.34. The van der Waals surface area contributed by atoms with Crippen LogP contribution in [0.3, 0.4) is 0 Å². The first-order chi connectivity index (χ1) is 8.74. The van der Waals surface area contributed by atoms with E-state index in [9.17, 15) is 0 Å². The Kier molecular flexibility index (Phi) is 3.58. The predicted octanol–water partition coefficient (Wildman–Crippen LogP) is 0.116. The molecule has 0 fully saturated rings. The lowest BCUT2D eigenvalue weighted by Crippen LogP contribution is -2.12. The van der Waals surface area contributed by atoms with Gasteiger partial charge in [0, 0.05) is 13.2 Å². The van der Waals surface area contributed by atoms with E-state index in [0.717, 1.165) is 5.69 Å². The monoisotopic (exact) mass is 249 g/mol. The number of methoxy groups -OCH3 is 1. The highest BCUT2D eigenvalue weighted by atomic mass is 16.5. The molecule has 2 rings (SSSR count). The summed E-state index contributed by atoms with van der Waals surface area (Å²) < 4.78 is 6.94. The Hall–Kier alpha value is -2.35. The smallest absolute Gasteiger partial charge is 0.205 e. The third-order valence-corrected chi connectivity index (χ3v) is 2.35. The molecule has 0 atom stereocenters. The fourth-order valence-electron chi connectivity index (χ4n) is 1.53. The molecule has 2 aromatic rings. The zero-order chi connectivity index (χ0) is 13.0. The Morgan fingerprint density at radius 2 is 2.17 bits per heavy atom. The molecule has 0 aliphatic carbocycles. The van der Waals surface area contributed by atoms with Crippen molar-refractivity contribution >= 4 is 11.6 Å². The van der Waals surface area contributed by atoms with Gasteiger partial charge in [-0.1, -0.05) is 0 Å². The number of aromatic nitrogens is 4. The van der Waals surface area contributed by atoms with Crippen molar-refractivity contribution in [2.24, 2.45) is 12.9 Å². The normalized spacial score (nSPS) is 10.2. The summed E-state index contributed by atoms with van der Waals surface area (Å²) >= 11 is 0. The van der Waals surface area contributed by atoms with Crippen molar-refractivity contribution in [2.75, 3.05) is 17.9 Å². The lowest BCUT2D eigenvalue weighted by atomic mass is 10.4. The Labute approximate surface area is 104 Å². The minimum absolute atomic E-state index is 0.427. The van der Waals surface area contributed by atoms with Crippen LogP contribution in [-0.2, 0) is 13.6 Å². The quantitative estimate of drug-likeness (QED) is 0.510. The summed E-state index contributed by atoms with van der Waals surface area (Å²) in [5.74, 6) is 6.80. The van der Waals surface area contributed by atoms with Crippen LogP contribution in [0.5, 0.6) is 5.75 Å². The molecule has 0 aromatic carbocycles. The van der Waals surface area contributed by atoms with E-state index in [1.807, 2.05) is 19.3 Å². The van der Waals surface area contributed by atoms with Gasteiger partial charge in [-0.3, -0.25) is 4.68 Å². The Balaban J connectivity index is 2.13. The molecular formula is C10H15N7O. The van der Waals surface area contributed by atoms with E-state index in [-0.39, 0.29) is 0 Å². The average Bonchev–Trinajstić information content (AvgIpc) is 2.81. The maximum atomic E-state index is 5.34. The molecular weight excluding hydrogens is 234 g/mol. The number of rotatable bonds is 5. The minimum Gasteiger partial charge on any atom is -0.490 e. The Bertz CT molecular complexity index is 525. The molecule has 0 aliphatic rings. The summed E-state index contributed by atoms with van der Waals surface area (Å²) in [5.41, 5.74) is 3.36. The van der Waals surface area contributed by atoms with Crippen molar-refractivity contribution in [1.82, 2.24) is 19.7 Å². The van der Waals surface area contributed by atoms with Crippen molar-refractivity contribution < 1.29 is 4.74 Å². The molecule has 8 heteroatoms. The van der Waals surface area contributed by atoms with E-state index >= 15 is 0 Å². The van der Waals surface area contributed by atoms with Crippen molar-refractivity contribution in [3.8, 4) is 5.75 Å². The van der Waals surface area contributed by atoms with Crippen LogP contribution < -0.4 is 21.3 Å². The molecule has 2 aromatic heterocycles. The maximum Gasteiger partial charge on any atom is 0.205 e. The Morgan fingerprint density at radius 1 is 1.39 bits per heavy atom. The fourth-order valence-corrected chi connectivity index (χ4v) is 1.53. The number of anilines is 2. The predicted molar refractivity (Wildman–Crippen MR) is 66.9 cm³/mol. The molecule has 0 unspecified atom stereocenters. The molecule has 18 heavy (non-hydrogen) atoms. The molecule has 8 nitrogen and oxygen atoms in total. The van der Waals surface area contributed by atoms with Crippen LogP contribution in [-0.4, -0.2) is 26.9 Å². The molecule has 0 amide bonds. The molecule has 2 heterocycles. The van der Waals surface area contributed by atoms with Gasteiger partial charge in [-0.05, 0) is 6.07 Å². The van der Waals surface area contributed by atoms with Gasteiger partial charge in [0.15, 0.2) is 11.6 Å². The summed E-state index contributed by atoms with van der Waals surface area (Å²) in [6, 6.07) is 1.92. The number of nitrogen functional groups attached to an aromatic ring is 1. The molecule has 0 saturated carbocycles. The largest absolute Gasteiger partial charge is 0.490 e. The summed E-state index contributed by atoms with van der Waals surface area (Å²) in [6.45, 7) is 0.540. The zero-order valence-corrected chi connectivity index (χ0v) is 10.2. The number of aryl methyl sites for hydroxylation is 1. The summed E-state index contributed by atoms with van der Waals surface area (Å²) in [6.07, 6.45) is 3.28. The molecule has 0 bridgehead atoms. The minimum atomic E-state index is 0.427. The van der Waals surface area contributed by atoms with Gasteiger partial charge in [-0.25, -0.2) is 15.8 Å². The van der Waals surface area contributed by atoms with Gasteiger partial charge in [0.25, 0.3) is 0 Å². The van der Waals surface area contributed by atoms with Gasteiger partial charge in [0.2, 0.25) is 5.75 Å². The van der Waals surface area contributed by atoms with Gasteiger partial charge >= 0.3 is 0 Å². The van der Waals surface area contributed by atoms with E-state index in [2.05, 4.69) is 25.8 Å². The number of nitrogens with zero attached hydrogens (tertiary/aromatic N) is 4. The third-order valence-electron chi connectivity index (χ3n) is 2.35. The van der Waals surface area contributed by atoms with Gasteiger partial charge in [-0.15, -0.1) is 0 Å². The van der Waals surface area contributed by atoms with Crippen molar-refractivity contribution in [3.63, 3.8) is 0 Å².